The molecule has 1 heterocycles. The first-order valence-corrected chi connectivity index (χ1v) is 10.6. The predicted molar refractivity (Wildman–Crippen MR) is 111 cm³/mol. The van der Waals surface area contributed by atoms with Gasteiger partial charge in [0, 0.05) is 37.6 Å². The van der Waals surface area contributed by atoms with Crippen molar-refractivity contribution >= 4 is 17.8 Å². The Bertz CT molecular complexity index is 737. The number of fused-ring (bicyclic) bond motifs is 1. The normalized spacial score (nSPS) is 23.9. The van der Waals surface area contributed by atoms with E-state index < -0.39 is 0 Å². The van der Waals surface area contributed by atoms with E-state index in [0.717, 1.165) is 5.56 Å². The molecule has 0 radical (unpaired) electrons. The Labute approximate surface area is 172 Å². The lowest BCUT2D eigenvalue weighted by Gasteiger charge is -2.28. The van der Waals surface area contributed by atoms with Crippen LogP contribution < -0.4 is 10.6 Å². The van der Waals surface area contributed by atoms with Crippen molar-refractivity contribution in [3.63, 3.8) is 0 Å². The molecule has 0 bridgehead atoms. The van der Waals surface area contributed by atoms with Crippen LogP contribution in [0.3, 0.4) is 0 Å². The Kier molecular flexibility index (Phi) is 6.77. The topological polar surface area (TPSA) is 81.8 Å². The molecule has 3 rings (SSSR count). The van der Waals surface area contributed by atoms with E-state index in [4.69, 9.17) is 0 Å². The average Bonchev–Trinajstić information content (AvgIpc) is 3.01. The SMILES string of the molecule is CCN(C(=O)[C@H]1C[C@@H]2CN(C(=O)NCc3ccccc3)CC(=O)N[C@@H]2C1)C(C)C. The molecular weight excluding hydrogens is 368 g/mol. The second kappa shape index (κ2) is 9.29. The van der Waals surface area contributed by atoms with Crippen LogP contribution in [0.5, 0.6) is 0 Å². The van der Waals surface area contributed by atoms with Gasteiger partial charge >= 0.3 is 6.03 Å². The molecule has 0 unspecified atom stereocenters. The summed E-state index contributed by atoms with van der Waals surface area (Å²) in [7, 11) is 0. The minimum Gasteiger partial charge on any atom is -0.351 e. The first kappa shape index (κ1) is 21.1. The molecule has 158 valence electrons. The van der Waals surface area contributed by atoms with Crippen LogP contribution in [0, 0.1) is 11.8 Å². The van der Waals surface area contributed by atoms with Gasteiger partial charge < -0.3 is 20.4 Å². The van der Waals surface area contributed by atoms with Gasteiger partial charge in [0.15, 0.2) is 0 Å². The van der Waals surface area contributed by atoms with Crippen molar-refractivity contribution < 1.29 is 14.4 Å². The third kappa shape index (κ3) is 5.08. The highest BCUT2D eigenvalue weighted by molar-refractivity contribution is 5.85. The third-order valence-electron chi connectivity index (χ3n) is 6.00. The molecule has 7 nitrogen and oxygen atoms in total. The van der Waals surface area contributed by atoms with Gasteiger partial charge in [0.1, 0.15) is 6.54 Å². The smallest absolute Gasteiger partial charge is 0.318 e. The second-order valence-corrected chi connectivity index (χ2v) is 8.35. The fourth-order valence-electron chi connectivity index (χ4n) is 4.53. The van der Waals surface area contributed by atoms with Gasteiger partial charge in [0.25, 0.3) is 0 Å². The quantitative estimate of drug-likeness (QED) is 0.793. The molecular formula is C22H32N4O3. The Balaban J connectivity index is 1.62. The Morgan fingerprint density at radius 1 is 1.24 bits per heavy atom. The van der Waals surface area contributed by atoms with Crippen LogP contribution in [0.1, 0.15) is 39.2 Å². The first-order valence-electron chi connectivity index (χ1n) is 10.6. The summed E-state index contributed by atoms with van der Waals surface area (Å²) in [5.74, 6) is 0.00490. The number of urea groups is 1. The van der Waals surface area contributed by atoms with E-state index in [1.165, 1.54) is 0 Å². The van der Waals surface area contributed by atoms with Crippen LogP contribution in [0.2, 0.25) is 0 Å². The van der Waals surface area contributed by atoms with Gasteiger partial charge in [-0.15, -0.1) is 0 Å². The minimum absolute atomic E-state index is 0.0470. The highest BCUT2D eigenvalue weighted by Crippen LogP contribution is 2.34. The number of nitrogens with one attached hydrogen (secondary N) is 2. The van der Waals surface area contributed by atoms with Crippen LogP contribution in [0.4, 0.5) is 4.79 Å². The summed E-state index contributed by atoms with van der Waals surface area (Å²) in [5, 5.41) is 5.94. The van der Waals surface area contributed by atoms with Gasteiger partial charge in [-0.25, -0.2) is 4.79 Å². The Morgan fingerprint density at radius 3 is 2.62 bits per heavy atom. The summed E-state index contributed by atoms with van der Waals surface area (Å²) in [6.07, 6.45) is 1.35. The zero-order valence-corrected chi connectivity index (χ0v) is 17.6. The number of amides is 4. The molecule has 1 aliphatic carbocycles. The largest absolute Gasteiger partial charge is 0.351 e. The summed E-state index contributed by atoms with van der Waals surface area (Å²) >= 11 is 0. The van der Waals surface area contributed by atoms with E-state index in [9.17, 15) is 14.4 Å². The van der Waals surface area contributed by atoms with E-state index >= 15 is 0 Å². The number of hydrogen-bond acceptors (Lipinski definition) is 3. The van der Waals surface area contributed by atoms with Crippen molar-refractivity contribution in [1.29, 1.82) is 0 Å². The Morgan fingerprint density at radius 2 is 1.97 bits per heavy atom. The van der Waals surface area contributed by atoms with Gasteiger partial charge in [-0.3, -0.25) is 9.59 Å². The molecule has 1 aromatic rings. The predicted octanol–water partition coefficient (Wildman–Crippen LogP) is 1.98. The average molecular weight is 401 g/mol. The minimum atomic E-state index is -0.239. The van der Waals surface area contributed by atoms with Crippen molar-refractivity contribution in [2.45, 2.75) is 52.2 Å². The summed E-state index contributed by atoms with van der Waals surface area (Å²) in [6.45, 7) is 7.69. The molecule has 1 saturated carbocycles. The Hall–Kier alpha value is -2.57. The number of carbonyl (C=O) groups excluding carboxylic acids is 3. The van der Waals surface area contributed by atoms with E-state index in [2.05, 4.69) is 10.6 Å². The van der Waals surface area contributed by atoms with Gasteiger partial charge in [-0.05, 0) is 45.1 Å². The fourth-order valence-corrected chi connectivity index (χ4v) is 4.53. The first-order chi connectivity index (χ1) is 13.9. The van der Waals surface area contributed by atoms with E-state index in [1.54, 1.807) is 4.90 Å². The summed E-state index contributed by atoms with van der Waals surface area (Å²) in [5.41, 5.74) is 1.01. The number of nitrogens with zero attached hydrogens (tertiary/aromatic N) is 2. The van der Waals surface area contributed by atoms with Gasteiger partial charge in [0.2, 0.25) is 11.8 Å². The second-order valence-electron chi connectivity index (χ2n) is 8.35. The van der Waals surface area contributed by atoms with E-state index in [-0.39, 0.29) is 48.3 Å². The molecule has 0 spiro atoms. The molecule has 1 saturated heterocycles. The molecule has 2 N–H and O–H groups in total. The zero-order valence-electron chi connectivity index (χ0n) is 17.6. The molecule has 3 atom stereocenters. The standard InChI is InChI=1S/C22H32N4O3/c1-4-26(15(2)3)21(28)17-10-18-13-25(14-20(27)24-19(18)11-17)22(29)23-12-16-8-6-5-7-9-16/h5-9,15,17-19H,4,10-14H2,1-3H3,(H,23,29)(H,24,27)/t17-,18+,19+/m0/s1. The van der Waals surface area contributed by atoms with Gasteiger partial charge in [-0.2, -0.15) is 0 Å². The van der Waals surface area contributed by atoms with Crippen LogP contribution >= 0.6 is 0 Å². The molecule has 29 heavy (non-hydrogen) atoms. The lowest BCUT2D eigenvalue weighted by atomic mass is 10.0. The molecule has 1 aliphatic heterocycles. The summed E-state index contributed by atoms with van der Waals surface area (Å²) < 4.78 is 0. The monoisotopic (exact) mass is 400 g/mol. The third-order valence-corrected chi connectivity index (χ3v) is 6.00. The molecule has 4 amide bonds. The van der Waals surface area contributed by atoms with E-state index in [0.29, 0.717) is 32.5 Å². The fraction of sp³-hybridized carbons (Fsp3) is 0.591. The van der Waals surface area contributed by atoms with Crippen LogP contribution in [-0.4, -0.2) is 59.4 Å². The maximum Gasteiger partial charge on any atom is 0.318 e. The lowest BCUT2D eigenvalue weighted by Crippen LogP contribution is -2.44. The number of carbonyl (C=O) groups is 3. The van der Waals surface area contributed by atoms with E-state index in [1.807, 2.05) is 56.0 Å². The lowest BCUT2D eigenvalue weighted by molar-refractivity contribution is -0.137. The van der Waals surface area contributed by atoms with Crippen molar-refractivity contribution in [2.24, 2.45) is 11.8 Å². The molecule has 7 heteroatoms. The summed E-state index contributed by atoms with van der Waals surface area (Å²) in [4.78, 5) is 41.4. The molecule has 1 aromatic carbocycles. The number of hydrogen-bond donors (Lipinski definition) is 2. The molecule has 2 aliphatic rings. The summed E-state index contributed by atoms with van der Waals surface area (Å²) in [6, 6.07) is 9.57. The highest BCUT2D eigenvalue weighted by atomic mass is 16.2. The van der Waals surface area contributed by atoms with Crippen LogP contribution in [0.15, 0.2) is 30.3 Å². The van der Waals surface area contributed by atoms with Crippen LogP contribution in [0.25, 0.3) is 0 Å². The number of benzene rings is 1. The van der Waals surface area contributed by atoms with Gasteiger partial charge in [-0.1, -0.05) is 30.3 Å². The number of rotatable bonds is 5. The van der Waals surface area contributed by atoms with Crippen molar-refractivity contribution in [2.75, 3.05) is 19.6 Å². The highest BCUT2D eigenvalue weighted by Gasteiger charge is 2.43. The van der Waals surface area contributed by atoms with Gasteiger partial charge in [0.05, 0.1) is 0 Å². The van der Waals surface area contributed by atoms with Crippen molar-refractivity contribution in [3.8, 4) is 0 Å². The molecule has 0 aromatic heterocycles. The maximum absolute atomic E-state index is 12.9. The van der Waals surface area contributed by atoms with Crippen molar-refractivity contribution in [1.82, 2.24) is 20.4 Å². The van der Waals surface area contributed by atoms with Crippen molar-refractivity contribution in [3.05, 3.63) is 35.9 Å². The maximum atomic E-state index is 12.9. The zero-order chi connectivity index (χ0) is 21.0. The van der Waals surface area contributed by atoms with Crippen LogP contribution in [-0.2, 0) is 16.1 Å². The molecule has 2 fully saturated rings.